The van der Waals surface area contributed by atoms with E-state index in [0.717, 1.165) is 5.56 Å². The van der Waals surface area contributed by atoms with Crippen LogP contribution in [-0.4, -0.2) is 33.6 Å². The van der Waals surface area contributed by atoms with Gasteiger partial charge in [-0.2, -0.15) is 0 Å². The van der Waals surface area contributed by atoms with Gasteiger partial charge in [-0.3, -0.25) is 4.79 Å². The molecular formula is C22H30O5. The number of aryl methyl sites for hydroxylation is 3. The van der Waals surface area contributed by atoms with Crippen molar-refractivity contribution >= 4 is 5.78 Å². The van der Waals surface area contributed by atoms with Gasteiger partial charge in [0.2, 0.25) is 0 Å². The molecule has 5 heteroatoms. The van der Waals surface area contributed by atoms with Crippen LogP contribution in [0.4, 0.5) is 0 Å². The third-order valence-electron chi connectivity index (χ3n) is 4.17. The lowest BCUT2D eigenvalue weighted by molar-refractivity contribution is -0.252. The fourth-order valence-electron chi connectivity index (χ4n) is 2.63. The topological polar surface area (TPSA) is 54.0 Å². The Hall–Kier alpha value is -2.21. The molecule has 27 heavy (non-hydrogen) atoms. The van der Waals surface area contributed by atoms with Gasteiger partial charge in [0.15, 0.2) is 5.78 Å². The first-order valence-corrected chi connectivity index (χ1v) is 8.72. The third kappa shape index (κ3) is 6.79. The number of ether oxygens (including phenoxy) is 4. The number of rotatable bonds is 7. The average molecular weight is 374 g/mol. The van der Waals surface area contributed by atoms with Crippen molar-refractivity contribution in [2.75, 3.05) is 21.3 Å². The van der Waals surface area contributed by atoms with Gasteiger partial charge in [-0.1, -0.05) is 30.3 Å². The Balaban J connectivity index is 0.000000445. The number of methoxy groups -OCH3 is 3. The predicted octanol–water partition coefficient (Wildman–Crippen LogP) is 4.60. The van der Waals surface area contributed by atoms with Crippen molar-refractivity contribution in [1.29, 1.82) is 0 Å². The van der Waals surface area contributed by atoms with Crippen LogP contribution < -0.4 is 4.74 Å². The summed E-state index contributed by atoms with van der Waals surface area (Å²) in [5, 5.41) is 0. The van der Waals surface area contributed by atoms with Crippen LogP contribution in [0.1, 0.15) is 39.5 Å². The molecule has 0 amide bonds. The molecule has 0 aliphatic heterocycles. The highest BCUT2D eigenvalue weighted by Gasteiger charge is 2.12. The molecule has 0 unspecified atom stereocenters. The van der Waals surface area contributed by atoms with Crippen molar-refractivity contribution in [3.05, 3.63) is 64.2 Å². The number of carbonyl (C=O) groups excluding carboxylic acids is 1. The molecule has 0 radical (unpaired) electrons. The molecule has 5 nitrogen and oxygen atoms in total. The molecule has 0 N–H and O–H groups in total. The maximum absolute atomic E-state index is 11.7. The van der Waals surface area contributed by atoms with E-state index < -0.39 is 6.48 Å². The van der Waals surface area contributed by atoms with Crippen LogP contribution in [0.2, 0.25) is 0 Å². The molecule has 0 heterocycles. The molecule has 0 fully saturated rings. The van der Waals surface area contributed by atoms with Gasteiger partial charge in [0, 0.05) is 21.3 Å². The summed E-state index contributed by atoms with van der Waals surface area (Å²) in [5.74, 6) is 0.729. The molecule has 0 aliphatic rings. The quantitative estimate of drug-likeness (QED) is 0.523. The second-order valence-corrected chi connectivity index (χ2v) is 6.16. The summed E-state index contributed by atoms with van der Waals surface area (Å²) < 4.78 is 19.8. The average Bonchev–Trinajstić information content (AvgIpc) is 2.64. The molecule has 0 aliphatic carbocycles. The van der Waals surface area contributed by atoms with E-state index in [1.807, 2.05) is 31.2 Å². The monoisotopic (exact) mass is 374 g/mol. The zero-order chi connectivity index (χ0) is 20.4. The van der Waals surface area contributed by atoms with Gasteiger partial charge in [0.25, 0.3) is 6.48 Å². The van der Waals surface area contributed by atoms with E-state index in [-0.39, 0.29) is 5.78 Å². The summed E-state index contributed by atoms with van der Waals surface area (Å²) in [7, 11) is 4.53. The zero-order valence-electron chi connectivity index (χ0n) is 17.3. The summed E-state index contributed by atoms with van der Waals surface area (Å²) in [6.45, 7) is 7.67. The van der Waals surface area contributed by atoms with Crippen molar-refractivity contribution < 1.29 is 23.7 Å². The number of hydrogen-bond donors (Lipinski definition) is 0. The fraction of sp³-hybridized carbons (Fsp3) is 0.409. The second-order valence-electron chi connectivity index (χ2n) is 6.16. The van der Waals surface area contributed by atoms with Crippen LogP contribution >= 0.6 is 0 Å². The summed E-state index contributed by atoms with van der Waals surface area (Å²) >= 11 is 0. The van der Waals surface area contributed by atoms with Crippen LogP contribution in [-0.2, 0) is 20.8 Å². The molecule has 2 rings (SSSR count). The zero-order valence-corrected chi connectivity index (χ0v) is 17.3. The number of para-hydroxylation sites is 1. The lowest BCUT2D eigenvalue weighted by Gasteiger charge is -2.15. The third-order valence-corrected chi connectivity index (χ3v) is 4.17. The van der Waals surface area contributed by atoms with Gasteiger partial charge in [0.05, 0.1) is 5.56 Å². The number of ketones is 1. The highest BCUT2D eigenvalue weighted by molar-refractivity contribution is 5.97. The second kappa shape index (κ2) is 11.5. The normalized spacial score (nSPS) is 10.4. The van der Waals surface area contributed by atoms with Crippen molar-refractivity contribution in [3.8, 4) is 5.75 Å². The highest BCUT2D eigenvalue weighted by Crippen LogP contribution is 2.26. The van der Waals surface area contributed by atoms with E-state index in [1.165, 1.54) is 38.0 Å². The summed E-state index contributed by atoms with van der Waals surface area (Å²) in [4.78, 5) is 11.7. The Kier molecular flexibility index (Phi) is 9.72. The van der Waals surface area contributed by atoms with Crippen LogP contribution in [0, 0.1) is 20.8 Å². The van der Waals surface area contributed by atoms with Crippen molar-refractivity contribution in [3.63, 3.8) is 0 Å². The summed E-state index contributed by atoms with van der Waals surface area (Å²) in [6, 6.07) is 11.9. The Morgan fingerprint density at radius 1 is 0.852 bits per heavy atom. The Bertz CT molecular complexity index is 710. The minimum Gasteiger partial charge on any atom is -0.488 e. The molecule has 0 aromatic heterocycles. The Labute approximate surface area is 162 Å². The first-order valence-electron chi connectivity index (χ1n) is 8.72. The van der Waals surface area contributed by atoms with Crippen LogP contribution in [0.25, 0.3) is 0 Å². The van der Waals surface area contributed by atoms with Gasteiger partial charge in [-0.05, 0) is 56.0 Å². The highest BCUT2D eigenvalue weighted by atomic mass is 16.8. The summed E-state index contributed by atoms with van der Waals surface area (Å²) in [5.41, 5.74) is 5.25. The standard InChI is InChI=1S/C18H20O2.C4H10O3/c1-12-7-5-8-13(2)17(12)11-20-18-14(3)9-6-10-16(18)15(4)19;1-5-4(6-2)7-3/h5-10H,11H2,1-4H3;4H,1-3H3. The largest absolute Gasteiger partial charge is 0.488 e. The predicted molar refractivity (Wildman–Crippen MR) is 106 cm³/mol. The molecule has 0 bridgehead atoms. The van der Waals surface area contributed by atoms with Gasteiger partial charge >= 0.3 is 0 Å². The van der Waals surface area contributed by atoms with Crippen molar-refractivity contribution in [1.82, 2.24) is 0 Å². The van der Waals surface area contributed by atoms with Crippen LogP contribution in [0.3, 0.4) is 0 Å². The van der Waals surface area contributed by atoms with Gasteiger partial charge < -0.3 is 18.9 Å². The SMILES string of the molecule is CC(=O)c1cccc(C)c1OCc1c(C)cccc1C.COC(OC)OC. The molecule has 0 saturated heterocycles. The smallest absolute Gasteiger partial charge is 0.270 e. The summed E-state index contributed by atoms with van der Waals surface area (Å²) in [6.07, 6.45) is 0. The Morgan fingerprint density at radius 3 is 1.78 bits per heavy atom. The fourth-order valence-corrected chi connectivity index (χ4v) is 2.63. The minimum absolute atomic E-state index is 0.0326. The first-order chi connectivity index (χ1) is 12.8. The molecule has 2 aromatic rings. The van der Waals surface area contributed by atoms with E-state index in [2.05, 4.69) is 40.2 Å². The number of benzene rings is 2. The van der Waals surface area contributed by atoms with E-state index >= 15 is 0 Å². The Morgan fingerprint density at radius 2 is 1.33 bits per heavy atom. The number of Topliss-reactive ketones (excluding diaryl/α,β-unsaturated/α-hetero) is 1. The number of carbonyl (C=O) groups is 1. The lowest BCUT2D eigenvalue weighted by Crippen LogP contribution is -2.14. The molecule has 2 aromatic carbocycles. The van der Waals surface area contributed by atoms with Gasteiger partial charge in [-0.15, -0.1) is 0 Å². The van der Waals surface area contributed by atoms with E-state index in [1.54, 1.807) is 6.92 Å². The maximum atomic E-state index is 11.7. The van der Waals surface area contributed by atoms with E-state index in [9.17, 15) is 4.79 Å². The van der Waals surface area contributed by atoms with Crippen molar-refractivity contribution in [2.45, 2.75) is 40.8 Å². The van der Waals surface area contributed by atoms with E-state index in [4.69, 9.17) is 4.74 Å². The van der Waals surface area contributed by atoms with Crippen LogP contribution in [0.15, 0.2) is 36.4 Å². The van der Waals surface area contributed by atoms with Crippen LogP contribution in [0.5, 0.6) is 5.75 Å². The van der Waals surface area contributed by atoms with Gasteiger partial charge in [0.1, 0.15) is 12.4 Å². The molecular weight excluding hydrogens is 344 g/mol. The molecule has 148 valence electrons. The number of hydrogen-bond acceptors (Lipinski definition) is 5. The van der Waals surface area contributed by atoms with Gasteiger partial charge in [-0.25, -0.2) is 0 Å². The lowest BCUT2D eigenvalue weighted by atomic mass is 10.0. The van der Waals surface area contributed by atoms with Crippen molar-refractivity contribution in [2.24, 2.45) is 0 Å². The molecule has 0 spiro atoms. The van der Waals surface area contributed by atoms with E-state index in [0.29, 0.717) is 17.9 Å². The minimum atomic E-state index is -0.514. The maximum Gasteiger partial charge on any atom is 0.270 e. The first kappa shape index (κ1) is 22.8. The molecule has 0 atom stereocenters. The molecule has 0 saturated carbocycles.